The van der Waals surface area contributed by atoms with E-state index in [4.69, 9.17) is 9.47 Å². The van der Waals surface area contributed by atoms with Crippen LogP contribution in [0.3, 0.4) is 0 Å². The Kier molecular flexibility index (Phi) is 0.868. The van der Waals surface area contributed by atoms with Crippen LogP contribution in [0.15, 0.2) is 0 Å². The van der Waals surface area contributed by atoms with E-state index in [0.717, 1.165) is 19.6 Å². The monoisotopic (exact) mass is 140 g/mol. The van der Waals surface area contributed by atoms with E-state index < -0.39 is 0 Å². The average molecular weight is 140 g/mol. The molecule has 1 aliphatic carbocycles. The van der Waals surface area contributed by atoms with Crippen LogP contribution in [0.1, 0.15) is 19.3 Å². The van der Waals surface area contributed by atoms with Crippen LogP contribution in [0.25, 0.3) is 0 Å². The molecule has 2 nitrogen and oxygen atoms in total. The van der Waals surface area contributed by atoms with E-state index in [0.29, 0.717) is 17.6 Å². The van der Waals surface area contributed by atoms with Crippen LogP contribution in [-0.4, -0.2) is 25.4 Å². The molecular formula is C8H12O2. The maximum Gasteiger partial charge on any atom is 0.0915 e. The van der Waals surface area contributed by atoms with E-state index in [9.17, 15) is 0 Å². The van der Waals surface area contributed by atoms with Gasteiger partial charge in [0.15, 0.2) is 0 Å². The summed E-state index contributed by atoms with van der Waals surface area (Å²) in [5.41, 5.74) is 0.501. The SMILES string of the molecule is C1CC2OCC3(CC3)C2O1. The Morgan fingerprint density at radius 3 is 2.90 bits per heavy atom. The predicted molar refractivity (Wildman–Crippen MR) is 35.8 cm³/mol. The van der Waals surface area contributed by atoms with E-state index in [2.05, 4.69) is 0 Å². The zero-order valence-electron chi connectivity index (χ0n) is 6.01. The molecule has 2 heteroatoms. The largest absolute Gasteiger partial charge is 0.375 e. The van der Waals surface area contributed by atoms with Crippen LogP contribution < -0.4 is 0 Å². The summed E-state index contributed by atoms with van der Waals surface area (Å²) in [4.78, 5) is 0. The molecule has 3 fully saturated rings. The molecule has 2 saturated heterocycles. The second-order valence-electron chi connectivity index (χ2n) is 3.79. The third kappa shape index (κ3) is 0.523. The lowest BCUT2D eigenvalue weighted by Gasteiger charge is -2.12. The Balaban J connectivity index is 1.90. The quantitative estimate of drug-likeness (QED) is 0.499. The molecule has 1 saturated carbocycles. The smallest absolute Gasteiger partial charge is 0.0915 e. The van der Waals surface area contributed by atoms with Crippen LogP contribution in [-0.2, 0) is 9.47 Å². The van der Waals surface area contributed by atoms with Gasteiger partial charge in [0.1, 0.15) is 0 Å². The molecule has 10 heavy (non-hydrogen) atoms. The first kappa shape index (κ1) is 5.56. The highest BCUT2D eigenvalue weighted by Gasteiger charge is 2.59. The van der Waals surface area contributed by atoms with Gasteiger partial charge in [0, 0.05) is 12.0 Å². The van der Waals surface area contributed by atoms with Gasteiger partial charge in [0.05, 0.1) is 18.8 Å². The molecule has 2 aliphatic heterocycles. The van der Waals surface area contributed by atoms with Crippen molar-refractivity contribution in [3.63, 3.8) is 0 Å². The number of hydrogen-bond acceptors (Lipinski definition) is 2. The second kappa shape index (κ2) is 1.56. The van der Waals surface area contributed by atoms with Gasteiger partial charge in [-0.25, -0.2) is 0 Å². The first-order chi connectivity index (χ1) is 4.91. The summed E-state index contributed by atoms with van der Waals surface area (Å²) in [6.45, 7) is 1.90. The molecule has 2 heterocycles. The lowest BCUT2D eigenvalue weighted by molar-refractivity contribution is 0.0588. The average Bonchev–Trinajstić information content (AvgIpc) is 2.40. The summed E-state index contributed by atoms with van der Waals surface area (Å²) >= 11 is 0. The predicted octanol–water partition coefficient (Wildman–Crippen LogP) is 0.954. The van der Waals surface area contributed by atoms with E-state index >= 15 is 0 Å². The van der Waals surface area contributed by atoms with Crippen LogP contribution in [0, 0.1) is 5.41 Å². The van der Waals surface area contributed by atoms with Gasteiger partial charge in [-0.1, -0.05) is 0 Å². The van der Waals surface area contributed by atoms with Gasteiger partial charge in [-0.15, -0.1) is 0 Å². The van der Waals surface area contributed by atoms with Crippen molar-refractivity contribution in [3.8, 4) is 0 Å². The van der Waals surface area contributed by atoms with E-state index in [1.807, 2.05) is 0 Å². The van der Waals surface area contributed by atoms with Crippen molar-refractivity contribution < 1.29 is 9.47 Å². The minimum atomic E-state index is 0.461. The summed E-state index contributed by atoms with van der Waals surface area (Å²) in [6, 6.07) is 0. The van der Waals surface area contributed by atoms with Gasteiger partial charge in [-0.3, -0.25) is 0 Å². The van der Waals surface area contributed by atoms with Gasteiger partial charge in [0.2, 0.25) is 0 Å². The molecule has 1 spiro atoms. The topological polar surface area (TPSA) is 18.5 Å². The lowest BCUT2D eigenvalue weighted by atomic mass is 10.00. The molecule has 0 N–H and O–H groups in total. The van der Waals surface area contributed by atoms with Crippen LogP contribution in [0.5, 0.6) is 0 Å². The van der Waals surface area contributed by atoms with Crippen LogP contribution >= 0.6 is 0 Å². The Labute approximate surface area is 60.5 Å². The summed E-state index contributed by atoms with van der Waals surface area (Å²) in [5, 5.41) is 0. The number of fused-ring (bicyclic) bond motifs is 2. The third-order valence-corrected chi connectivity index (χ3v) is 3.12. The highest BCUT2D eigenvalue weighted by molar-refractivity contribution is 5.08. The standard InChI is InChI=1S/C8H12O2/c1-4-9-7-6(1)10-5-8(7)2-3-8/h6-7H,1-5H2. The minimum absolute atomic E-state index is 0.461. The highest BCUT2D eigenvalue weighted by atomic mass is 16.6. The molecule has 0 aromatic carbocycles. The van der Waals surface area contributed by atoms with Crippen LogP contribution in [0.4, 0.5) is 0 Å². The summed E-state index contributed by atoms with van der Waals surface area (Å²) in [5.74, 6) is 0. The summed E-state index contributed by atoms with van der Waals surface area (Å²) in [7, 11) is 0. The van der Waals surface area contributed by atoms with Crippen molar-refractivity contribution >= 4 is 0 Å². The maximum absolute atomic E-state index is 5.63. The lowest BCUT2D eigenvalue weighted by Crippen LogP contribution is -2.23. The fourth-order valence-electron chi connectivity index (χ4n) is 2.26. The molecule has 0 aromatic rings. The van der Waals surface area contributed by atoms with Crippen molar-refractivity contribution in [2.75, 3.05) is 13.2 Å². The first-order valence-electron chi connectivity index (χ1n) is 4.14. The fourth-order valence-corrected chi connectivity index (χ4v) is 2.26. The minimum Gasteiger partial charge on any atom is -0.375 e. The van der Waals surface area contributed by atoms with Crippen molar-refractivity contribution in [2.45, 2.75) is 31.5 Å². The molecule has 56 valence electrons. The first-order valence-corrected chi connectivity index (χ1v) is 4.14. The Bertz CT molecular complexity index is 163. The number of rotatable bonds is 0. The van der Waals surface area contributed by atoms with Crippen molar-refractivity contribution in [1.29, 1.82) is 0 Å². The molecule has 0 amide bonds. The Hall–Kier alpha value is -0.0800. The number of hydrogen-bond donors (Lipinski definition) is 0. The van der Waals surface area contributed by atoms with Crippen molar-refractivity contribution in [1.82, 2.24) is 0 Å². The maximum atomic E-state index is 5.63. The molecule has 2 atom stereocenters. The van der Waals surface area contributed by atoms with Crippen molar-refractivity contribution in [2.24, 2.45) is 5.41 Å². The molecule has 0 radical (unpaired) electrons. The van der Waals surface area contributed by atoms with E-state index in [1.165, 1.54) is 12.8 Å². The zero-order valence-corrected chi connectivity index (χ0v) is 6.01. The fraction of sp³-hybridized carbons (Fsp3) is 1.00. The third-order valence-electron chi connectivity index (χ3n) is 3.12. The van der Waals surface area contributed by atoms with Gasteiger partial charge < -0.3 is 9.47 Å². The summed E-state index contributed by atoms with van der Waals surface area (Å²) < 4.78 is 11.3. The summed E-state index contributed by atoms with van der Waals surface area (Å²) in [6.07, 6.45) is 4.75. The molecule has 3 aliphatic rings. The zero-order chi connectivity index (χ0) is 6.60. The Morgan fingerprint density at radius 1 is 1.20 bits per heavy atom. The Morgan fingerprint density at radius 2 is 2.10 bits per heavy atom. The highest BCUT2D eigenvalue weighted by Crippen LogP contribution is 2.57. The molecule has 0 bridgehead atoms. The molecular weight excluding hydrogens is 128 g/mol. The molecule has 0 aromatic heterocycles. The van der Waals surface area contributed by atoms with Gasteiger partial charge in [-0.2, -0.15) is 0 Å². The normalized spacial score (nSPS) is 48.0. The van der Waals surface area contributed by atoms with Gasteiger partial charge in [-0.05, 0) is 19.3 Å². The molecule has 2 unspecified atom stereocenters. The van der Waals surface area contributed by atoms with Crippen LogP contribution in [0.2, 0.25) is 0 Å². The van der Waals surface area contributed by atoms with E-state index in [1.54, 1.807) is 0 Å². The van der Waals surface area contributed by atoms with Gasteiger partial charge in [0.25, 0.3) is 0 Å². The number of ether oxygens (including phenoxy) is 2. The second-order valence-corrected chi connectivity index (χ2v) is 3.79. The van der Waals surface area contributed by atoms with Crippen molar-refractivity contribution in [3.05, 3.63) is 0 Å². The van der Waals surface area contributed by atoms with Gasteiger partial charge >= 0.3 is 0 Å². The molecule has 3 rings (SSSR count). The van der Waals surface area contributed by atoms with E-state index in [-0.39, 0.29) is 0 Å².